The van der Waals surface area contributed by atoms with Gasteiger partial charge in [0.25, 0.3) is 5.92 Å². The highest BCUT2D eigenvalue weighted by atomic mass is 19.3. The molecule has 0 spiro atoms. The van der Waals surface area contributed by atoms with Crippen molar-refractivity contribution in [3.8, 4) is 0 Å². The quantitative estimate of drug-likeness (QED) is 0.567. The second-order valence-corrected chi connectivity index (χ2v) is 2.79. The maximum absolute atomic E-state index is 12.4. The number of hydrogen-bond donors (Lipinski definition) is 2. The van der Waals surface area contributed by atoms with Crippen LogP contribution >= 0.6 is 0 Å². The van der Waals surface area contributed by atoms with Gasteiger partial charge >= 0.3 is 0 Å². The van der Waals surface area contributed by atoms with Gasteiger partial charge in [0.2, 0.25) is 0 Å². The van der Waals surface area contributed by atoms with Gasteiger partial charge in [0, 0.05) is 12.5 Å². The van der Waals surface area contributed by atoms with Gasteiger partial charge in [0.05, 0.1) is 12.6 Å². The summed E-state index contributed by atoms with van der Waals surface area (Å²) in [6, 6.07) is -0.435. The van der Waals surface area contributed by atoms with Crippen LogP contribution in [-0.4, -0.2) is 29.7 Å². The van der Waals surface area contributed by atoms with E-state index in [1.54, 1.807) is 0 Å². The molecular formula is C6H11F2NO. The number of hydrogen-bond acceptors (Lipinski definition) is 2. The smallest absolute Gasteiger partial charge is 0.261 e. The predicted octanol–water partition coefficient (Wildman–Crippen LogP) is 0.364. The minimum atomic E-state index is -2.62. The van der Waals surface area contributed by atoms with Crippen molar-refractivity contribution >= 4 is 0 Å². The van der Waals surface area contributed by atoms with E-state index in [9.17, 15) is 8.78 Å². The fourth-order valence-corrected chi connectivity index (χ4v) is 1.09. The SMILES string of the molecule is C[C@H](O)C1CC(F)(F)CN1. The van der Waals surface area contributed by atoms with E-state index in [4.69, 9.17) is 5.11 Å². The molecule has 1 fully saturated rings. The Kier molecular flexibility index (Phi) is 1.92. The van der Waals surface area contributed by atoms with E-state index in [0.717, 1.165) is 0 Å². The van der Waals surface area contributed by atoms with Crippen molar-refractivity contribution in [1.29, 1.82) is 0 Å². The van der Waals surface area contributed by atoms with Gasteiger partial charge in [-0.05, 0) is 6.92 Å². The number of rotatable bonds is 1. The molecule has 1 rings (SSSR count). The fourth-order valence-electron chi connectivity index (χ4n) is 1.09. The maximum Gasteiger partial charge on any atom is 0.261 e. The van der Waals surface area contributed by atoms with E-state index in [1.165, 1.54) is 6.92 Å². The Hall–Kier alpha value is -0.220. The molecule has 0 aliphatic carbocycles. The first-order valence-electron chi connectivity index (χ1n) is 3.30. The molecule has 0 amide bonds. The Labute approximate surface area is 58.2 Å². The Morgan fingerprint density at radius 3 is 2.50 bits per heavy atom. The molecule has 0 bridgehead atoms. The van der Waals surface area contributed by atoms with E-state index < -0.39 is 18.1 Å². The third kappa shape index (κ3) is 1.64. The monoisotopic (exact) mass is 151 g/mol. The van der Waals surface area contributed by atoms with Crippen LogP contribution in [0.1, 0.15) is 13.3 Å². The largest absolute Gasteiger partial charge is 0.392 e. The summed E-state index contributed by atoms with van der Waals surface area (Å²) in [7, 11) is 0. The molecule has 2 nitrogen and oxygen atoms in total. The Morgan fingerprint density at radius 2 is 2.30 bits per heavy atom. The first kappa shape index (κ1) is 7.88. The topological polar surface area (TPSA) is 32.3 Å². The summed E-state index contributed by atoms with van der Waals surface area (Å²) in [4.78, 5) is 0. The van der Waals surface area contributed by atoms with Gasteiger partial charge in [-0.15, -0.1) is 0 Å². The van der Waals surface area contributed by atoms with Crippen LogP contribution in [0, 0.1) is 0 Å². The van der Waals surface area contributed by atoms with E-state index in [2.05, 4.69) is 5.32 Å². The maximum atomic E-state index is 12.4. The lowest BCUT2D eigenvalue weighted by Gasteiger charge is -2.12. The van der Waals surface area contributed by atoms with Gasteiger partial charge in [-0.25, -0.2) is 8.78 Å². The summed E-state index contributed by atoms with van der Waals surface area (Å²) in [6.45, 7) is 1.21. The zero-order valence-corrected chi connectivity index (χ0v) is 5.77. The number of aliphatic hydroxyl groups is 1. The summed E-state index contributed by atoms with van der Waals surface area (Å²) >= 11 is 0. The predicted molar refractivity (Wildman–Crippen MR) is 33.0 cm³/mol. The van der Waals surface area contributed by atoms with Gasteiger partial charge < -0.3 is 10.4 Å². The molecule has 1 aliphatic heterocycles. The van der Waals surface area contributed by atoms with Gasteiger partial charge in [-0.2, -0.15) is 0 Å². The van der Waals surface area contributed by atoms with Crippen LogP contribution in [0.15, 0.2) is 0 Å². The number of halogens is 2. The lowest BCUT2D eigenvalue weighted by molar-refractivity contribution is 0.0155. The molecule has 0 aromatic carbocycles. The zero-order chi connectivity index (χ0) is 7.78. The average molecular weight is 151 g/mol. The standard InChI is InChI=1S/C6H11F2NO/c1-4(10)5-2-6(7,8)3-9-5/h4-5,9-10H,2-3H2,1H3/t4-,5?/m0/s1. The number of nitrogens with one attached hydrogen (secondary N) is 1. The van der Waals surface area contributed by atoms with Crippen molar-refractivity contribution in [2.24, 2.45) is 0 Å². The summed E-state index contributed by atoms with van der Waals surface area (Å²) in [6.07, 6.45) is -0.932. The van der Waals surface area contributed by atoms with Crippen LogP contribution in [0.3, 0.4) is 0 Å². The molecule has 4 heteroatoms. The van der Waals surface area contributed by atoms with Crippen molar-refractivity contribution in [3.05, 3.63) is 0 Å². The molecule has 2 atom stereocenters. The molecule has 1 unspecified atom stereocenters. The number of alkyl halides is 2. The normalized spacial score (nSPS) is 34.2. The number of aliphatic hydroxyl groups excluding tert-OH is 1. The molecule has 0 radical (unpaired) electrons. The molecule has 0 aromatic rings. The van der Waals surface area contributed by atoms with Crippen molar-refractivity contribution < 1.29 is 13.9 Å². The highest BCUT2D eigenvalue weighted by Crippen LogP contribution is 2.26. The molecule has 60 valence electrons. The van der Waals surface area contributed by atoms with Gasteiger partial charge in [0.15, 0.2) is 0 Å². The fraction of sp³-hybridized carbons (Fsp3) is 1.00. The van der Waals surface area contributed by atoms with Gasteiger partial charge in [-0.3, -0.25) is 0 Å². The first-order valence-corrected chi connectivity index (χ1v) is 3.30. The van der Waals surface area contributed by atoms with E-state index in [1.807, 2.05) is 0 Å². The molecule has 1 heterocycles. The minimum Gasteiger partial charge on any atom is -0.392 e. The van der Waals surface area contributed by atoms with Crippen LogP contribution in [0.4, 0.5) is 8.78 Å². The summed E-state index contributed by atoms with van der Waals surface area (Å²) < 4.78 is 24.8. The van der Waals surface area contributed by atoms with E-state index in [0.29, 0.717) is 0 Å². The summed E-state index contributed by atoms with van der Waals surface area (Å²) in [5.74, 6) is -2.62. The molecule has 10 heavy (non-hydrogen) atoms. The molecular weight excluding hydrogens is 140 g/mol. The van der Waals surface area contributed by atoms with E-state index >= 15 is 0 Å². The second-order valence-electron chi connectivity index (χ2n) is 2.79. The Morgan fingerprint density at radius 1 is 1.70 bits per heavy atom. The molecule has 0 saturated carbocycles. The average Bonchev–Trinajstić information content (AvgIpc) is 2.10. The second kappa shape index (κ2) is 2.43. The summed E-state index contributed by atoms with van der Waals surface area (Å²) in [5.41, 5.74) is 0. The van der Waals surface area contributed by atoms with Crippen LogP contribution in [-0.2, 0) is 0 Å². The van der Waals surface area contributed by atoms with Crippen molar-refractivity contribution in [2.45, 2.75) is 31.4 Å². The van der Waals surface area contributed by atoms with Crippen LogP contribution in [0.5, 0.6) is 0 Å². The van der Waals surface area contributed by atoms with Crippen molar-refractivity contribution in [3.63, 3.8) is 0 Å². The van der Waals surface area contributed by atoms with Crippen LogP contribution in [0.2, 0.25) is 0 Å². The van der Waals surface area contributed by atoms with Crippen molar-refractivity contribution in [1.82, 2.24) is 5.32 Å². The highest BCUT2D eigenvalue weighted by Gasteiger charge is 2.40. The van der Waals surface area contributed by atoms with Gasteiger partial charge in [0.1, 0.15) is 0 Å². The zero-order valence-electron chi connectivity index (χ0n) is 5.77. The Balaban J connectivity index is 2.43. The third-order valence-electron chi connectivity index (χ3n) is 1.72. The molecule has 2 N–H and O–H groups in total. The van der Waals surface area contributed by atoms with Gasteiger partial charge in [-0.1, -0.05) is 0 Å². The molecule has 0 aromatic heterocycles. The summed E-state index contributed by atoms with van der Waals surface area (Å²) in [5, 5.41) is 11.4. The van der Waals surface area contributed by atoms with Crippen molar-refractivity contribution in [2.75, 3.05) is 6.54 Å². The lowest BCUT2D eigenvalue weighted by atomic mass is 10.1. The van der Waals surface area contributed by atoms with E-state index in [-0.39, 0.29) is 13.0 Å². The third-order valence-corrected chi connectivity index (χ3v) is 1.72. The van der Waals surface area contributed by atoms with Crippen LogP contribution in [0.25, 0.3) is 0 Å². The molecule has 1 aliphatic rings. The van der Waals surface area contributed by atoms with Crippen LogP contribution < -0.4 is 5.32 Å². The molecule has 1 saturated heterocycles. The minimum absolute atomic E-state index is 0.245. The highest BCUT2D eigenvalue weighted by molar-refractivity contribution is 4.89. The first-order chi connectivity index (χ1) is 4.51. The Bertz CT molecular complexity index is 127. The lowest BCUT2D eigenvalue weighted by Crippen LogP contribution is -2.32.